The van der Waals surface area contributed by atoms with E-state index in [-0.39, 0.29) is 30.2 Å². The summed E-state index contributed by atoms with van der Waals surface area (Å²) in [7, 11) is 0. The van der Waals surface area contributed by atoms with Gasteiger partial charge in [-0.2, -0.15) is 16.7 Å². The van der Waals surface area contributed by atoms with Crippen LogP contribution in [0.5, 0.6) is 0 Å². The number of likely N-dealkylation sites (tertiary alicyclic amines) is 1. The number of carbonyl (C=O) groups excluding carboxylic acids is 2. The molecule has 1 saturated heterocycles. The maximum absolute atomic E-state index is 12.2. The van der Waals surface area contributed by atoms with Crippen LogP contribution in [0.25, 0.3) is 0 Å². The van der Waals surface area contributed by atoms with Gasteiger partial charge in [-0.25, -0.2) is 0 Å². The second-order valence-electron chi connectivity index (χ2n) is 6.13. The van der Waals surface area contributed by atoms with Gasteiger partial charge in [0.1, 0.15) is 0 Å². The number of nitrogens with one attached hydrogen (secondary N) is 1. The van der Waals surface area contributed by atoms with Crippen LogP contribution in [-0.4, -0.2) is 46.2 Å². The summed E-state index contributed by atoms with van der Waals surface area (Å²) in [5.41, 5.74) is 0. The molecule has 1 saturated carbocycles. The number of hydrogen-bond acceptors (Lipinski definition) is 6. The summed E-state index contributed by atoms with van der Waals surface area (Å²) < 4.78 is 5.09. The minimum atomic E-state index is -0.0353. The summed E-state index contributed by atoms with van der Waals surface area (Å²) >= 11 is 1.62. The predicted molar refractivity (Wildman–Crippen MR) is 85.4 cm³/mol. The fraction of sp³-hybridized carbons (Fsp3) is 0.733. The van der Waals surface area contributed by atoms with Gasteiger partial charge in [0.15, 0.2) is 5.82 Å². The number of amides is 2. The van der Waals surface area contributed by atoms with Gasteiger partial charge in [-0.3, -0.25) is 9.59 Å². The van der Waals surface area contributed by atoms with E-state index in [4.69, 9.17) is 4.52 Å². The summed E-state index contributed by atoms with van der Waals surface area (Å²) in [6.45, 7) is 1.64. The Morgan fingerprint density at radius 1 is 1.26 bits per heavy atom. The van der Waals surface area contributed by atoms with Crippen LogP contribution < -0.4 is 5.32 Å². The van der Waals surface area contributed by atoms with Gasteiger partial charge in [0.2, 0.25) is 17.7 Å². The molecule has 2 amide bonds. The van der Waals surface area contributed by atoms with Gasteiger partial charge in [0.25, 0.3) is 0 Å². The third-order valence-corrected chi connectivity index (χ3v) is 4.85. The molecule has 0 spiro atoms. The van der Waals surface area contributed by atoms with Crippen molar-refractivity contribution in [3.05, 3.63) is 11.7 Å². The van der Waals surface area contributed by atoms with E-state index in [2.05, 4.69) is 15.5 Å². The van der Waals surface area contributed by atoms with Crippen LogP contribution in [0.2, 0.25) is 0 Å². The molecular weight excluding hydrogens is 316 g/mol. The van der Waals surface area contributed by atoms with Crippen molar-refractivity contribution in [2.45, 2.75) is 38.0 Å². The number of nitrogens with zero attached hydrogens (tertiary/aromatic N) is 3. The molecule has 0 aromatic carbocycles. The highest BCUT2D eigenvalue weighted by atomic mass is 32.2. The molecule has 2 aliphatic rings. The number of rotatable bonds is 6. The summed E-state index contributed by atoms with van der Waals surface area (Å²) in [5.74, 6) is 2.28. The molecule has 0 bridgehead atoms. The Hall–Kier alpha value is -1.57. The van der Waals surface area contributed by atoms with Crippen molar-refractivity contribution in [3.8, 4) is 0 Å². The SMILES string of the molecule is CSCc1noc(CNC(=O)C2CCN(C(=O)C3CC3)CC2)n1. The van der Waals surface area contributed by atoms with Crippen molar-refractivity contribution in [1.29, 1.82) is 0 Å². The second-order valence-corrected chi connectivity index (χ2v) is 7.00. The van der Waals surface area contributed by atoms with E-state index in [1.54, 1.807) is 11.8 Å². The summed E-state index contributed by atoms with van der Waals surface area (Å²) in [6, 6.07) is 0. The Labute approximate surface area is 139 Å². The van der Waals surface area contributed by atoms with Gasteiger partial charge in [-0.05, 0) is 31.9 Å². The number of thioether (sulfide) groups is 1. The number of carbonyl (C=O) groups is 2. The first-order chi connectivity index (χ1) is 11.2. The highest BCUT2D eigenvalue weighted by Crippen LogP contribution is 2.32. The maximum atomic E-state index is 12.2. The van der Waals surface area contributed by atoms with Gasteiger partial charge in [0, 0.05) is 24.9 Å². The van der Waals surface area contributed by atoms with Gasteiger partial charge >= 0.3 is 0 Å². The molecule has 1 aromatic heterocycles. The fourth-order valence-electron chi connectivity index (χ4n) is 2.81. The normalized spacial score (nSPS) is 18.9. The van der Waals surface area contributed by atoms with Crippen molar-refractivity contribution in [2.75, 3.05) is 19.3 Å². The van der Waals surface area contributed by atoms with Crippen LogP contribution in [0.1, 0.15) is 37.4 Å². The zero-order chi connectivity index (χ0) is 16.2. The first-order valence-electron chi connectivity index (χ1n) is 8.04. The molecule has 2 fully saturated rings. The van der Waals surface area contributed by atoms with Crippen LogP contribution in [0, 0.1) is 11.8 Å². The van der Waals surface area contributed by atoms with E-state index in [0.717, 1.165) is 25.7 Å². The Kier molecular flexibility index (Phi) is 5.20. The Morgan fingerprint density at radius 2 is 2.00 bits per heavy atom. The highest BCUT2D eigenvalue weighted by molar-refractivity contribution is 7.97. The van der Waals surface area contributed by atoms with E-state index in [1.807, 2.05) is 11.2 Å². The van der Waals surface area contributed by atoms with Crippen molar-refractivity contribution < 1.29 is 14.1 Å². The summed E-state index contributed by atoms with van der Waals surface area (Å²) in [4.78, 5) is 30.3. The third-order valence-electron chi connectivity index (χ3n) is 4.30. The van der Waals surface area contributed by atoms with E-state index in [0.29, 0.717) is 30.6 Å². The molecule has 3 rings (SSSR count). The van der Waals surface area contributed by atoms with Crippen LogP contribution in [-0.2, 0) is 21.9 Å². The van der Waals surface area contributed by atoms with Crippen molar-refractivity contribution >= 4 is 23.6 Å². The quantitative estimate of drug-likeness (QED) is 0.838. The summed E-state index contributed by atoms with van der Waals surface area (Å²) in [5, 5.41) is 6.70. The minimum absolute atomic E-state index is 0.00753. The predicted octanol–water partition coefficient (Wildman–Crippen LogP) is 1.20. The summed E-state index contributed by atoms with van der Waals surface area (Å²) in [6.07, 6.45) is 5.49. The molecule has 8 heteroatoms. The van der Waals surface area contributed by atoms with E-state index < -0.39 is 0 Å². The maximum Gasteiger partial charge on any atom is 0.246 e. The molecule has 126 valence electrons. The van der Waals surface area contributed by atoms with Crippen molar-refractivity contribution in [2.24, 2.45) is 11.8 Å². The first kappa shape index (κ1) is 16.3. The number of aromatic nitrogens is 2. The van der Waals surface area contributed by atoms with Crippen LogP contribution in [0.4, 0.5) is 0 Å². The van der Waals surface area contributed by atoms with Crippen LogP contribution in [0.15, 0.2) is 4.52 Å². The van der Waals surface area contributed by atoms with Gasteiger partial charge < -0.3 is 14.7 Å². The van der Waals surface area contributed by atoms with Gasteiger partial charge in [-0.1, -0.05) is 5.16 Å². The molecule has 1 aromatic rings. The average Bonchev–Trinajstić information content (AvgIpc) is 3.33. The Morgan fingerprint density at radius 3 is 2.65 bits per heavy atom. The molecule has 1 N–H and O–H groups in total. The monoisotopic (exact) mass is 338 g/mol. The third kappa shape index (κ3) is 4.25. The molecule has 0 atom stereocenters. The van der Waals surface area contributed by atoms with E-state index >= 15 is 0 Å². The molecule has 2 heterocycles. The van der Waals surface area contributed by atoms with Crippen molar-refractivity contribution in [1.82, 2.24) is 20.4 Å². The largest absolute Gasteiger partial charge is 0.347 e. The lowest BCUT2D eigenvalue weighted by Gasteiger charge is -2.31. The lowest BCUT2D eigenvalue weighted by atomic mass is 9.95. The zero-order valence-corrected chi connectivity index (χ0v) is 14.1. The highest BCUT2D eigenvalue weighted by Gasteiger charge is 2.35. The van der Waals surface area contributed by atoms with Crippen LogP contribution in [0.3, 0.4) is 0 Å². The molecule has 1 aliphatic carbocycles. The first-order valence-corrected chi connectivity index (χ1v) is 9.43. The minimum Gasteiger partial charge on any atom is -0.347 e. The van der Waals surface area contributed by atoms with Crippen LogP contribution >= 0.6 is 11.8 Å². The Bertz CT molecular complexity index is 565. The van der Waals surface area contributed by atoms with Gasteiger partial charge in [-0.15, -0.1) is 0 Å². The van der Waals surface area contributed by atoms with Gasteiger partial charge in [0.05, 0.1) is 12.3 Å². The fourth-order valence-corrected chi connectivity index (χ4v) is 3.18. The standard InChI is InChI=1S/C15H22N4O3S/c1-23-9-12-17-13(22-18-12)8-16-14(20)10-4-6-19(7-5-10)15(21)11-2-3-11/h10-11H,2-9H2,1H3,(H,16,20). The molecule has 0 unspecified atom stereocenters. The molecular formula is C15H22N4O3S. The topological polar surface area (TPSA) is 88.3 Å². The second kappa shape index (κ2) is 7.33. The van der Waals surface area contributed by atoms with E-state index in [9.17, 15) is 9.59 Å². The molecule has 1 aliphatic heterocycles. The van der Waals surface area contributed by atoms with Crippen molar-refractivity contribution in [3.63, 3.8) is 0 Å². The number of piperidine rings is 1. The molecule has 23 heavy (non-hydrogen) atoms. The molecule has 7 nitrogen and oxygen atoms in total. The average molecular weight is 338 g/mol. The smallest absolute Gasteiger partial charge is 0.246 e. The lowest BCUT2D eigenvalue weighted by Crippen LogP contribution is -2.43. The zero-order valence-electron chi connectivity index (χ0n) is 13.3. The lowest BCUT2D eigenvalue weighted by molar-refractivity contribution is -0.136. The molecule has 0 radical (unpaired) electrons. The number of hydrogen-bond donors (Lipinski definition) is 1. The Balaban J connectivity index is 1.41. The van der Waals surface area contributed by atoms with E-state index in [1.165, 1.54) is 0 Å².